The zero-order chi connectivity index (χ0) is 26.7. The summed E-state index contributed by atoms with van der Waals surface area (Å²) in [6.45, 7) is 11.2. The highest BCUT2D eigenvalue weighted by atomic mass is 35.5. The molecule has 0 bridgehead atoms. The second-order valence-corrected chi connectivity index (χ2v) is 11.4. The van der Waals surface area contributed by atoms with Crippen LogP contribution in [0.15, 0.2) is 36.4 Å². The molecule has 2 N–H and O–H groups in total. The summed E-state index contributed by atoms with van der Waals surface area (Å²) in [4.78, 5) is 31.5. The number of amides is 3. The van der Waals surface area contributed by atoms with E-state index in [0.717, 1.165) is 54.6 Å². The van der Waals surface area contributed by atoms with E-state index < -0.39 is 5.60 Å². The van der Waals surface area contributed by atoms with Crippen molar-refractivity contribution in [3.05, 3.63) is 47.0 Å². The molecule has 0 saturated carbocycles. The van der Waals surface area contributed by atoms with Crippen LogP contribution in [0.2, 0.25) is 5.02 Å². The maximum atomic E-state index is 13.5. The maximum absolute atomic E-state index is 13.5. The molecule has 200 valence electrons. The minimum Gasteiger partial charge on any atom is -0.444 e. The van der Waals surface area contributed by atoms with Crippen molar-refractivity contribution >= 4 is 35.1 Å². The number of ether oxygens (including phenoxy) is 1. The van der Waals surface area contributed by atoms with Gasteiger partial charge in [-0.15, -0.1) is 0 Å². The number of nitrogen functional groups attached to an aromatic ring is 1. The zero-order valence-corrected chi connectivity index (χ0v) is 23.2. The molecule has 4 rings (SSSR count). The molecule has 8 heteroatoms. The molecular formula is C29H39ClN4O3. The van der Waals surface area contributed by atoms with Crippen molar-refractivity contribution in [1.82, 2.24) is 9.80 Å². The van der Waals surface area contributed by atoms with E-state index in [4.69, 9.17) is 22.1 Å². The molecule has 3 amide bonds. The van der Waals surface area contributed by atoms with Crippen LogP contribution in [-0.2, 0) is 11.2 Å². The predicted molar refractivity (Wildman–Crippen MR) is 150 cm³/mol. The number of hydrogen-bond donors (Lipinski definition) is 1. The number of benzene rings is 2. The number of halogens is 1. The van der Waals surface area contributed by atoms with Gasteiger partial charge in [0.05, 0.1) is 5.02 Å². The number of nitrogens with two attached hydrogens (primary N) is 1. The fraction of sp³-hybridized carbons (Fsp3) is 0.517. The molecule has 0 aliphatic carbocycles. The first kappa shape index (κ1) is 27.1. The van der Waals surface area contributed by atoms with Gasteiger partial charge in [-0.25, -0.2) is 9.59 Å². The molecule has 2 fully saturated rings. The van der Waals surface area contributed by atoms with E-state index >= 15 is 0 Å². The highest BCUT2D eigenvalue weighted by molar-refractivity contribution is 6.34. The van der Waals surface area contributed by atoms with Crippen LogP contribution in [0.4, 0.5) is 21.0 Å². The molecule has 0 spiro atoms. The normalized spacial score (nSPS) is 17.3. The van der Waals surface area contributed by atoms with Crippen molar-refractivity contribution in [2.75, 3.05) is 43.4 Å². The number of carbonyl (C=O) groups excluding carboxylic acids is 2. The molecule has 2 aliphatic rings. The second-order valence-electron chi connectivity index (χ2n) is 11.0. The first-order valence-electron chi connectivity index (χ1n) is 13.3. The Morgan fingerprint density at radius 2 is 1.84 bits per heavy atom. The van der Waals surface area contributed by atoms with Crippen LogP contribution in [-0.4, -0.2) is 60.2 Å². The average Bonchev–Trinajstić information content (AvgIpc) is 2.85. The van der Waals surface area contributed by atoms with E-state index in [-0.39, 0.29) is 12.1 Å². The molecule has 0 atom stereocenters. The lowest BCUT2D eigenvalue weighted by Gasteiger charge is -2.39. The molecule has 2 heterocycles. The summed E-state index contributed by atoms with van der Waals surface area (Å²) >= 11 is 6.71. The molecule has 2 aromatic carbocycles. The summed E-state index contributed by atoms with van der Waals surface area (Å²) in [6.07, 6.45) is 3.16. The van der Waals surface area contributed by atoms with Crippen LogP contribution in [0.1, 0.15) is 52.5 Å². The molecule has 0 unspecified atom stereocenters. The summed E-state index contributed by atoms with van der Waals surface area (Å²) in [5.41, 5.74) is 10.0. The number of nitrogens with zero attached hydrogens (tertiary/aromatic N) is 3. The van der Waals surface area contributed by atoms with Gasteiger partial charge in [0, 0.05) is 49.7 Å². The second kappa shape index (κ2) is 11.2. The molecule has 2 aliphatic heterocycles. The zero-order valence-electron chi connectivity index (χ0n) is 22.4. The van der Waals surface area contributed by atoms with E-state index in [1.54, 1.807) is 4.90 Å². The lowest BCUT2D eigenvalue weighted by molar-refractivity contribution is 0.0173. The summed E-state index contributed by atoms with van der Waals surface area (Å²) < 4.78 is 5.51. The molecule has 0 aromatic heterocycles. The molecule has 2 aromatic rings. The number of hydrogen-bond acceptors (Lipinski definition) is 4. The largest absolute Gasteiger partial charge is 0.444 e. The van der Waals surface area contributed by atoms with Gasteiger partial charge in [0.25, 0.3) is 0 Å². The maximum Gasteiger partial charge on any atom is 0.410 e. The van der Waals surface area contributed by atoms with Gasteiger partial charge in [-0.3, -0.25) is 4.90 Å². The highest BCUT2D eigenvalue weighted by Gasteiger charge is 2.32. The van der Waals surface area contributed by atoms with Gasteiger partial charge in [0.1, 0.15) is 5.60 Å². The SMILES string of the molecule is CCc1c(N)ccc(-c2cccc(N3CCCN(CC4CCN(C(=O)OC(C)(C)C)CC4)C3=O)c2)c1Cl. The Hall–Kier alpha value is -2.93. The molecule has 2 saturated heterocycles. The highest BCUT2D eigenvalue weighted by Crippen LogP contribution is 2.36. The topological polar surface area (TPSA) is 79.1 Å². The first-order valence-corrected chi connectivity index (χ1v) is 13.7. The van der Waals surface area contributed by atoms with Crippen LogP contribution >= 0.6 is 11.6 Å². The van der Waals surface area contributed by atoms with Gasteiger partial charge in [-0.05, 0) is 81.7 Å². The average molecular weight is 527 g/mol. The molecule has 0 radical (unpaired) electrons. The Balaban J connectivity index is 1.42. The lowest BCUT2D eigenvalue weighted by atomic mass is 9.96. The Morgan fingerprint density at radius 1 is 1.11 bits per heavy atom. The monoisotopic (exact) mass is 526 g/mol. The third-order valence-corrected chi connectivity index (χ3v) is 7.59. The number of rotatable bonds is 5. The molecule has 7 nitrogen and oxygen atoms in total. The van der Waals surface area contributed by atoms with Gasteiger partial charge in [0.15, 0.2) is 0 Å². The van der Waals surface area contributed by atoms with Crippen LogP contribution in [0.25, 0.3) is 11.1 Å². The van der Waals surface area contributed by atoms with Gasteiger partial charge < -0.3 is 20.3 Å². The van der Waals surface area contributed by atoms with Gasteiger partial charge in [-0.1, -0.05) is 36.7 Å². The van der Waals surface area contributed by atoms with E-state index in [1.807, 2.05) is 73.9 Å². The van der Waals surface area contributed by atoms with Crippen molar-refractivity contribution in [1.29, 1.82) is 0 Å². The smallest absolute Gasteiger partial charge is 0.410 e. The number of anilines is 2. The van der Waals surface area contributed by atoms with E-state index in [2.05, 4.69) is 0 Å². The van der Waals surface area contributed by atoms with Crippen LogP contribution in [0.3, 0.4) is 0 Å². The van der Waals surface area contributed by atoms with Crippen molar-refractivity contribution in [3.8, 4) is 11.1 Å². The molecule has 37 heavy (non-hydrogen) atoms. The van der Waals surface area contributed by atoms with Crippen LogP contribution in [0.5, 0.6) is 0 Å². The third kappa shape index (κ3) is 6.32. The number of carbonyl (C=O) groups is 2. The fourth-order valence-corrected chi connectivity index (χ4v) is 5.60. The lowest BCUT2D eigenvalue weighted by Crippen LogP contribution is -2.52. The summed E-state index contributed by atoms with van der Waals surface area (Å²) in [5.74, 6) is 0.370. The number of piperidine rings is 1. The van der Waals surface area contributed by atoms with Crippen molar-refractivity contribution in [2.24, 2.45) is 5.92 Å². The third-order valence-electron chi connectivity index (χ3n) is 7.16. The first-order chi connectivity index (χ1) is 17.6. The summed E-state index contributed by atoms with van der Waals surface area (Å²) in [5, 5.41) is 0.670. The Morgan fingerprint density at radius 3 is 2.51 bits per heavy atom. The fourth-order valence-electron chi connectivity index (χ4n) is 5.19. The number of likely N-dealkylation sites (tertiary alicyclic amines) is 1. The summed E-state index contributed by atoms with van der Waals surface area (Å²) in [7, 11) is 0. The van der Waals surface area contributed by atoms with Crippen molar-refractivity contribution in [3.63, 3.8) is 0 Å². The minimum atomic E-state index is -0.494. The summed E-state index contributed by atoms with van der Waals surface area (Å²) in [6, 6.07) is 11.9. The standard InChI is InChI=1S/C29H39ClN4O3/c1-5-23-25(31)11-10-24(26(23)30)21-8-6-9-22(18-21)34-15-7-14-33(27(34)35)19-20-12-16-32(17-13-20)28(36)37-29(2,3)4/h6,8-11,18,20H,5,7,12-17,19,31H2,1-4H3. The molecular weight excluding hydrogens is 488 g/mol. The van der Waals surface area contributed by atoms with Crippen molar-refractivity contribution in [2.45, 2.75) is 59.0 Å². The van der Waals surface area contributed by atoms with E-state index in [9.17, 15) is 9.59 Å². The quantitative estimate of drug-likeness (QED) is 0.455. The van der Waals surface area contributed by atoms with E-state index in [1.165, 1.54) is 0 Å². The van der Waals surface area contributed by atoms with Crippen molar-refractivity contribution < 1.29 is 14.3 Å². The predicted octanol–water partition coefficient (Wildman–Crippen LogP) is 6.43. The number of urea groups is 1. The Bertz CT molecular complexity index is 1140. The van der Waals surface area contributed by atoms with Crippen LogP contribution in [0, 0.1) is 5.92 Å². The Labute approximate surface area is 225 Å². The Kier molecular flexibility index (Phi) is 8.22. The van der Waals surface area contributed by atoms with E-state index in [0.29, 0.717) is 42.8 Å². The van der Waals surface area contributed by atoms with Gasteiger partial charge >= 0.3 is 12.1 Å². The van der Waals surface area contributed by atoms with Gasteiger partial charge in [-0.2, -0.15) is 0 Å². The minimum absolute atomic E-state index is 0.0376. The van der Waals surface area contributed by atoms with Gasteiger partial charge in [0.2, 0.25) is 0 Å². The van der Waals surface area contributed by atoms with Crippen LogP contribution < -0.4 is 10.6 Å².